The van der Waals surface area contributed by atoms with E-state index in [0.29, 0.717) is 33.6 Å². The first kappa shape index (κ1) is 28.2. The minimum Gasteiger partial charge on any atom is -0.459 e. The van der Waals surface area contributed by atoms with Crippen LogP contribution in [0.2, 0.25) is 0 Å². The molecule has 41 heavy (non-hydrogen) atoms. The maximum Gasteiger partial charge on any atom is 0.338 e. The Hall–Kier alpha value is -4.37. The summed E-state index contributed by atoms with van der Waals surface area (Å²) in [6.45, 7) is 5.68. The van der Waals surface area contributed by atoms with Gasteiger partial charge in [-0.1, -0.05) is 54.2 Å². The molecule has 2 heterocycles. The van der Waals surface area contributed by atoms with E-state index in [2.05, 4.69) is 5.32 Å². The first-order valence-electron chi connectivity index (χ1n) is 13.3. The monoisotopic (exact) mass is 571 g/mol. The van der Waals surface area contributed by atoms with Gasteiger partial charge in [0, 0.05) is 12.2 Å². The van der Waals surface area contributed by atoms with E-state index in [1.165, 1.54) is 23.9 Å². The van der Waals surface area contributed by atoms with E-state index in [4.69, 9.17) is 14.5 Å². The van der Waals surface area contributed by atoms with Crippen LogP contribution >= 0.6 is 11.8 Å². The summed E-state index contributed by atoms with van der Waals surface area (Å²) in [5, 5.41) is 5.46. The number of hydrogen-bond donors (Lipinski definition) is 1. The maximum atomic E-state index is 13.4. The molecule has 3 aromatic carbocycles. The van der Waals surface area contributed by atoms with Gasteiger partial charge in [0.15, 0.2) is 5.17 Å². The highest BCUT2D eigenvalue weighted by atomic mass is 32.2. The molecule has 0 radical (unpaired) electrons. The van der Waals surface area contributed by atoms with E-state index in [0.717, 1.165) is 11.1 Å². The Kier molecular flexibility index (Phi) is 8.54. The summed E-state index contributed by atoms with van der Waals surface area (Å²) >= 11 is 1.40. The van der Waals surface area contributed by atoms with Crippen molar-refractivity contribution in [3.63, 3.8) is 0 Å². The topological polar surface area (TPSA) is 80.2 Å². The van der Waals surface area contributed by atoms with Gasteiger partial charge in [-0.15, -0.1) is 0 Å². The molecule has 1 N–H and O–H groups in total. The van der Waals surface area contributed by atoms with E-state index in [-0.39, 0.29) is 30.8 Å². The van der Waals surface area contributed by atoms with Crippen molar-refractivity contribution in [3.05, 3.63) is 118 Å². The van der Waals surface area contributed by atoms with Crippen LogP contribution in [0.15, 0.2) is 106 Å². The maximum absolute atomic E-state index is 13.4. The van der Waals surface area contributed by atoms with Crippen molar-refractivity contribution >= 4 is 28.8 Å². The summed E-state index contributed by atoms with van der Waals surface area (Å²) in [6, 6.07) is 22.4. The van der Waals surface area contributed by atoms with Gasteiger partial charge >= 0.3 is 5.97 Å². The molecule has 0 spiro atoms. The van der Waals surface area contributed by atoms with Gasteiger partial charge in [-0.2, -0.15) is 0 Å². The van der Waals surface area contributed by atoms with Gasteiger partial charge in [0.1, 0.15) is 17.3 Å². The molecule has 0 fully saturated rings. The lowest BCUT2D eigenvalue weighted by Gasteiger charge is -2.36. The number of halogens is 1. The molecule has 2 aliphatic heterocycles. The summed E-state index contributed by atoms with van der Waals surface area (Å²) in [5.41, 5.74) is 3.25. The Bertz CT molecular complexity index is 1530. The van der Waals surface area contributed by atoms with Crippen molar-refractivity contribution in [2.75, 3.05) is 0 Å². The van der Waals surface area contributed by atoms with E-state index in [1.807, 2.05) is 64.9 Å². The molecule has 0 saturated heterocycles. The molecule has 1 amide bonds. The summed E-state index contributed by atoms with van der Waals surface area (Å²) in [7, 11) is 0. The largest absolute Gasteiger partial charge is 0.459 e. The van der Waals surface area contributed by atoms with Gasteiger partial charge in [-0.25, -0.2) is 14.2 Å². The molecule has 0 saturated carbocycles. The van der Waals surface area contributed by atoms with Crippen molar-refractivity contribution in [1.29, 1.82) is 0 Å². The SMILES string of the molecule is CC1=C(C(=O)OC(C)C)[C@@H](c2cccc(Oc3ccccc3)c2)N2C(CC(=O)NCc3ccc(F)cc3)=CSC2=N1. The molecule has 0 aromatic heterocycles. The number of nitrogens with zero attached hydrogens (tertiary/aromatic N) is 2. The molecule has 9 heteroatoms. The van der Waals surface area contributed by atoms with Crippen LogP contribution in [0, 0.1) is 5.82 Å². The van der Waals surface area contributed by atoms with Gasteiger partial charge < -0.3 is 19.7 Å². The Morgan fingerprint density at radius 1 is 1.02 bits per heavy atom. The summed E-state index contributed by atoms with van der Waals surface area (Å²) < 4.78 is 25.0. The predicted molar refractivity (Wildman–Crippen MR) is 157 cm³/mol. The molecule has 0 unspecified atom stereocenters. The zero-order valence-corrected chi connectivity index (χ0v) is 23.8. The third-order valence-corrected chi connectivity index (χ3v) is 7.35. The van der Waals surface area contributed by atoms with Crippen LogP contribution in [0.4, 0.5) is 4.39 Å². The average molecular weight is 572 g/mol. The first-order chi connectivity index (χ1) is 19.8. The van der Waals surface area contributed by atoms with Crippen molar-refractivity contribution in [3.8, 4) is 11.5 Å². The third-order valence-electron chi connectivity index (χ3n) is 6.46. The lowest BCUT2D eigenvalue weighted by Crippen LogP contribution is -2.38. The van der Waals surface area contributed by atoms with Gasteiger partial charge in [-0.3, -0.25) is 4.79 Å². The van der Waals surface area contributed by atoms with Crippen molar-refractivity contribution in [2.24, 2.45) is 4.99 Å². The van der Waals surface area contributed by atoms with Gasteiger partial charge in [0.2, 0.25) is 5.91 Å². The van der Waals surface area contributed by atoms with Crippen LogP contribution in [0.3, 0.4) is 0 Å². The van der Waals surface area contributed by atoms with Crippen LogP contribution in [0.5, 0.6) is 11.5 Å². The number of ether oxygens (including phenoxy) is 2. The fraction of sp³-hybridized carbons (Fsp3) is 0.219. The number of thioether (sulfide) groups is 1. The second-order valence-corrected chi connectivity index (χ2v) is 10.8. The normalized spacial score (nSPS) is 16.2. The highest BCUT2D eigenvalue weighted by Crippen LogP contribution is 2.45. The molecule has 2 aliphatic rings. The number of allylic oxidation sites excluding steroid dienone is 1. The number of aliphatic imine (C=N–C) groups is 1. The van der Waals surface area contributed by atoms with E-state index in [9.17, 15) is 14.0 Å². The molecule has 0 aliphatic carbocycles. The smallest absolute Gasteiger partial charge is 0.338 e. The number of esters is 1. The van der Waals surface area contributed by atoms with Crippen LogP contribution in [0.1, 0.15) is 44.4 Å². The zero-order chi connectivity index (χ0) is 28.9. The molecule has 5 rings (SSSR count). The van der Waals surface area contributed by atoms with Gasteiger partial charge in [0.25, 0.3) is 0 Å². The Morgan fingerprint density at radius 2 is 1.76 bits per heavy atom. The molecule has 1 atom stereocenters. The molecule has 210 valence electrons. The highest BCUT2D eigenvalue weighted by molar-refractivity contribution is 8.16. The molecular weight excluding hydrogens is 541 g/mol. The standard InChI is InChI=1S/C32H30FN3O4S/c1-20(2)39-31(38)29-21(3)35-32-36(25(19-41-32)17-28(37)34-18-22-12-14-24(33)15-13-22)30(29)23-8-7-11-27(16-23)40-26-9-5-4-6-10-26/h4-16,19-20,30H,17-18H2,1-3H3,(H,34,37)/t30-/m1/s1. The second-order valence-electron chi connectivity index (χ2n) is 9.91. The number of para-hydroxylation sites is 1. The Labute approximate surface area is 242 Å². The van der Waals surface area contributed by atoms with Gasteiger partial charge in [-0.05, 0) is 73.7 Å². The summed E-state index contributed by atoms with van der Waals surface area (Å²) in [6.07, 6.45) is -0.253. The number of amidine groups is 1. The van der Waals surface area contributed by atoms with Gasteiger partial charge in [0.05, 0.1) is 29.8 Å². The molecule has 3 aromatic rings. The van der Waals surface area contributed by atoms with E-state index >= 15 is 0 Å². The number of rotatable bonds is 9. The number of nitrogens with one attached hydrogen (secondary N) is 1. The van der Waals surface area contributed by atoms with E-state index < -0.39 is 12.0 Å². The first-order valence-corrected chi connectivity index (χ1v) is 14.2. The molecule has 0 bridgehead atoms. The van der Waals surface area contributed by atoms with Crippen LogP contribution in [-0.4, -0.2) is 28.0 Å². The van der Waals surface area contributed by atoms with Crippen LogP contribution in [0.25, 0.3) is 0 Å². The minimum atomic E-state index is -0.584. The number of carbonyl (C=O) groups is 2. The summed E-state index contributed by atoms with van der Waals surface area (Å²) in [4.78, 5) is 33.1. The highest BCUT2D eigenvalue weighted by Gasteiger charge is 2.41. The molecule has 7 nitrogen and oxygen atoms in total. The zero-order valence-electron chi connectivity index (χ0n) is 23.0. The number of carbonyl (C=O) groups excluding carboxylic acids is 2. The average Bonchev–Trinajstić information content (AvgIpc) is 3.33. The minimum absolute atomic E-state index is 0.0650. The Balaban J connectivity index is 1.44. The van der Waals surface area contributed by atoms with Crippen molar-refractivity contribution in [1.82, 2.24) is 10.2 Å². The predicted octanol–water partition coefficient (Wildman–Crippen LogP) is 6.85. The van der Waals surface area contributed by atoms with Crippen LogP contribution in [-0.2, 0) is 20.9 Å². The van der Waals surface area contributed by atoms with Crippen molar-refractivity contribution in [2.45, 2.75) is 45.9 Å². The lowest BCUT2D eigenvalue weighted by molar-refractivity contribution is -0.143. The van der Waals surface area contributed by atoms with Crippen molar-refractivity contribution < 1.29 is 23.5 Å². The number of hydrogen-bond acceptors (Lipinski definition) is 7. The van der Waals surface area contributed by atoms with E-state index in [1.54, 1.807) is 32.9 Å². The molecular formula is C32H30FN3O4S. The van der Waals surface area contributed by atoms with Crippen LogP contribution < -0.4 is 10.1 Å². The second kappa shape index (κ2) is 12.4. The quantitative estimate of drug-likeness (QED) is 0.283. The fourth-order valence-electron chi connectivity index (χ4n) is 4.63. The number of amides is 1. The number of benzene rings is 3. The third kappa shape index (κ3) is 6.69. The number of fused-ring (bicyclic) bond motifs is 1. The fourth-order valence-corrected chi connectivity index (χ4v) is 5.59. The lowest BCUT2D eigenvalue weighted by atomic mass is 9.93. The summed E-state index contributed by atoms with van der Waals surface area (Å²) in [5.74, 6) is 0.305. The Morgan fingerprint density at radius 3 is 2.49 bits per heavy atom.